The van der Waals surface area contributed by atoms with Crippen molar-refractivity contribution < 1.29 is 9.63 Å². The highest BCUT2D eigenvalue weighted by atomic mass is 16.5. The Hall–Kier alpha value is -1.95. The minimum atomic E-state index is -0.753. The van der Waals surface area contributed by atoms with Gasteiger partial charge in [0, 0.05) is 18.0 Å². The van der Waals surface area contributed by atoms with Crippen LogP contribution in [-0.2, 0) is 0 Å². The summed E-state index contributed by atoms with van der Waals surface area (Å²) >= 11 is 0. The predicted molar refractivity (Wildman–Crippen MR) is 65.0 cm³/mol. The summed E-state index contributed by atoms with van der Waals surface area (Å²) in [6, 6.07) is 1.46. The number of rotatable bonds is 4. The van der Waals surface area contributed by atoms with Gasteiger partial charge >= 0.3 is 0 Å². The Labute approximate surface area is 104 Å². The summed E-state index contributed by atoms with van der Waals surface area (Å²) in [5.74, 6) is 0.341. The molecule has 2 aromatic heterocycles. The summed E-state index contributed by atoms with van der Waals surface area (Å²) < 4.78 is 5.00. The minimum absolute atomic E-state index is 0.126. The molecule has 0 aliphatic carbocycles. The van der Waals surface area contributed by atoms with E-state index >= 15 is 0 Å². The molecule has 0 amide bonds. The van der Waals surface area contributed by atoms with Crippen molar-refractivity contribution in [1.29, 1.82) is 0 Å². The molecular weight excluding hydrogens is 234 g/mol. The number of aryl methyl sites for hydroxylation is 1. The molecule has 2 rings (SSSR count). The first-order valence-electron chi connectivity index (χ1n) is 5.83. The molecule has 0 aromatic carbocycles. The topological polar surface area (TPSA) is 92.0 Å². The maximum Gasteiger partial charge on any atom is 0.263 e. The van der Waals surface area contributed by atoms with Crippen LogP contribution in [0.1, 0.15) is 37.4 Å². The van der Waals surface area contributed by atoms with Gasteiger partial charge in [-0.2, -0.15) is 4.98 Å². The number of aliphatic hydroxyl groups is 1. The lowest BCUT2D eigenvalue weighted by atomic mass is 10.2. The van der Waals surface area contributed by atoms with Crippen LogP contribution in [0.15, 0.2) is 21.6 Å². The van der Waals surface area contributed by atoms with Crippen molar-refractivity contribution in [2.45, 2.75) is 32.8 Å². The van der Waals surface area contributed by atoms with Crippen LogP contribution in [0.4, 0.5) is 0 Å². The lowest BCUT2D eigenvalue weighted by molar-refractivity contribution is 0.153. The lowest BCUT2D eigenvalue weighted by Gasteiger charge is -2.01. The fourth-order valence-corrected chi connectivity index (χ4v) is 1.62. The normalized spacial score (nSPS) is 12.6. The molecule has 0 aliphatic heterocycles. The molecule has 0 aliphatic rings. The Morgan fingerprint density at radius 1 is 1.56 bits per heavy atom. The predicted octanol–water partition coefficient (Wildman–Crippen LogP) is 1.57. The van der Waals surface area contributed by atoms with Crippen LogP contribution in [-0.4, -0.2) is 20.2 Å². The van der Waals surface area contributed by atoms with Gasteiger partial charge < -0.3 is 14.6 Å². The van der Waals surface area contributed by atoms with Crippen molar-refractivity contribution in [3.8, 4) is 11.5 Å². The SMILES string of the molecule is CCCC(O)c1noc(-c2c[nH]c(C)cc2=O)n1. The molecule has 6 nitrogen and oxygen atoms in total. The highest BCUT2D eigenvalue weighted by molar-refractivity contribution is 5.50. The van der Waals surface area contributed by atoms with Crippen LogP contribution in [0.25, 0.3) is 11.5 Å². The molecule has 2 heterocycles. The highest BCUT2D eigenvalue weighted by Gasteiger charge is 2.17. The van der Waals surface area contributed by atoms with Crippen LogP contribution >= 0.6 is 0 Å². The Kier molecular flexibility index (Phi) is 3.57. The molecule has 0 radical (unpaired) electrons. The Morgan fingerprint density at radius 3 is 3.00 bits per heavy atom. The summed E-state index contributed by atoms with van der Waals surface area (Å²) in [6.07, 6.45) is 2.15. The number of nitrogens with zero attached hydrogens (tertiary/aromatic N) is 2. The van der Waals surface area contributed by atoms with Crippen molar-refractivity contribution >= 4 is 0 Å². The molecule has 96 valence electrons. The zero-order valence-electron chi connectivity index (χ0n) is 10.3. The number of aromatic amines is 1. The minimum Gasteiger partial charge on any atom is -0.385 e. The highest BCUT2D eigenvalue weighted by Crippen LogP contribution is 2.18. The molecule has 6 heteroatoms. The van der Waals surface area contributed by atoms with Gasteiger partial charge in [0.25, 0.3) is 5.89 Å². The first kappa shape index (κ1) is 12.5. The third-order valence-corrected chi connectivity index (χ3v) is 2.59. The molecule has 0 bridgehead atoms. The van der Waals surface area contributed by atoms with Gasteiger partial charge in [-0.15, -0.1) is 0 Å². The van der Waals surface area contributed by atoms with Gasteiger partial charge in [0.05, 0.1) is 0 Å². The molecule has 0 spiro atoms. The molecular formula is C12H15N3O3. The zero-order valence-corrected chi connectivity index (χ0v) is 10.3. The van der Waals surface area contributed by atoms with E-state index in [4.69, 9.17) is 4.52 Å². The maximum atomic E-state index is 11.7. The van der Waals surface area contributed by atoms with Crippen LogP contribution in [0, 0.1) is 6.92 Å². The van der Waals surface area contributed by atoms with Gasteiger partial charge in [-0.1, -0.05) is 18.5 Å². The monoisotopic (exact) mass is 249 g/mol. The average molecular weight is 249 g/mol. The lowest BCUT2D eigenvalue weighted by Crippen LogP contribution is -2.05. The Bertz CT molecular complexity index is 588. The van der Waals surface area contributed by atoms with Gasteiger partial charge in [0.1, 0.15) is 11.7 Å². The quantitative estimate of drug-likeness (QED) is 0.858. The molecule has 0 saturated heterocycles. The fraction of sp³-hybridized carbons (Fsp3) is 0.417. The second-order valence-corrected chi connectivity index (χ2v) is 4.16. The Morgan fingerprint density at radius 2 is 2.33 bits per heavy atom. The standard InChI is InChI=1S/C12H15N3O3/c1-3-4-9(16)11-14-12(18-15-11)8-6-13-7(2)5-10(8)17/h5-6,9,16H,3-4H2,1-2H3,(H,13,17). The molecule has 1 atom stereocenters. The molecule has 1 unspecified atom stereocenters. The number of aliphatic hydroxyl groups excluding tert-OH is 1. The number of aromatic nitrogens is 3. The molecule has 18 heavy (non-hydrogen) atoms. The van der Waals surface area contributed by atoms with E-state index in [9.17, 15) is 9.90 Å². The third-order valence-electron chi connectivity index (χ3n) is 2.59. The summed E-state index contributed by atoms with van der Waals surface area (Å²) in [4.78, 5) is 18.7. The third kappa shape index (κ3) is 2.48. The average Bonchev–Trinajstić information content (AvgIpc) is 2.78. The fourth-order valence-electron chi connectivity index (χ4n) is 1.62. The van der Waals surface area contributed by atoms with E-state index in [1.165, 1.54) is 12.3 Å². The van der Waals surface area contributed by atoms with E-state index in [-0.39, 0.29) is 17.1 Å². The zero-order chi connectivity index (χ0) is 13.1. The van der Waals surface area contributed by atoms with Crippen molar-refractivity contribution in [1.82, 2.24) is 15.1 Å². The smallest absolute Gasteiger partial charge is 0.263 e. The Balaban J connectivity index is 2.32. The van der Waals surface area contributed by atoms with Crippen molar-refractivity contribution in [2.24, 2.45) is 0 Å². The summed E-state index contributed by atoms with van der Waals surface area (Å²) in [5, 5.41) is 13.4. The first-order chi connectivity index (χ1) is 8.61. The molecule has 2 N–H and O–H groups in total. The van der Waals surface area contributed by atoms with Crippen LogP contribution in [0.5, 0.6) is 0 Å². The van der Waals surface area contributed by atoms with Crippen molar-refractivity contribution in [3.63, 3.8) is 0 Å². The molecule has 2 aromatic rings. The van der Waals surface area contributed by atoms with E-state index in [0.29, 0.717) is 12.0 Å². The number of nitrogens with one attached hydrogen (secondary N) is 1. The number of hydrogen-bond acceptors (Lipinski definition) is 5. The first-order valence-corrected chi connectivity index (χ1v) is 5.83. The van der Waals surface area contributed by atoms with Crippen LogP contribution in [0.3, 0.4) is 0 Å². The summed E-state index contributed by atoms with van der Waals surface area (Å²) in [5.41, 5.74) is 0.879. The number of hydrogen-bond donors (Lipinski definition) is 2. The van der Waals surface area contributed by atoms with Gasteiger partial charge in [-0.3, -0.25) is 4.79 Å². The van der Waals surface area contributed by atoms with Crippen molar-refractivity contribution in [2.75, 3.05) is 0 Å². The summed E-state index contributed by atoms with van der Waals surface area (Å²) in [7, 11) is 0. The second kappa shape index (κ2) is 5.14. The van der Waals surface area contributed by atoms with Crippen LogP contribution in [0.2, 0.25) is 0 Å². The van der Waals surface area contributed by atoms with E-state index in [0.717, 1.165) is 12.1 Å². The van der Waals surface area contributed by atoms with Gasteiger partial charge in [0.15, 0.2) is 5.43 Å². The van der Waals surface area contributed by atoms with Gasteiger partial charge in [0.2, 0.25) is 5.82 Å². The largest absolute Gasteiger partial charge is 0.385 e. The van der Waals surface area contributed by atoms with E-state index in [2.05, 4.69) is 15.1 Å². The second-order valence-electron chi connectivity index (χ2n) is 4.16. The van der Waals surface area contributed by atoms with E-state index < -0.39 is 6.10 Å². The van der Waals surface area contributed by atoms with Crippen molar-refractivity contribution in [3.05, 3.63) is 34.0 Å². The van der Waals surface area contributed by atoms with Crippen LogP contribution < -0.4 is 5.43 Å². The maximum absolute atomic E-state index is 11.7. The number of pyridine rings is 1. The summed E-state index contributed by atoms with van der Waals surface area (Å²) in [6.45, 7) is 3.74. The number of H-pyrrole nitrogens is 1. The molecule has 0 saturated carbocycles. The van der Waals surface area contributed by atoms with Gasteiger partial charge in [-0.05, 0) is 13.3 Å². The van der Waals surface area contributed by atoms with E-state index in [1.807, 2.05) is 6.92 Å². The molecule has 0 fully saturated rings. The van der Waals surface area contributed by atoms with E-state index in [1.54, 1.807) is 6.92 Å². The van der Waals surface area contributed by atoms with Gasteiger partial charge in [-0.25, -0.2) is 0 Å².